The second-order valence-electron chi connectivity index (χ2n) is 8.99. The summed E-state index contributed by atoms with van der Waals surface area (Å²) >= 11 is 0. The monoisotopic (exact) mass is 463 g/mol. The maximum atomic E-state index is 13.4. The molecule has 0 spiro atoms. The van der Waals surface area contributed by atoms with Gasteiger partial charge in [0.1, 0.15) is 10.6 Å². The van der Waals surface area contributed by atoms with Gasteiger partial charge < -0.3 is 9.64 Å². The third-order valence-electron chi connectivity index (χ3n) is 6.99. The average Bonchev–Trinajstić information content (AvgIpc) is 3.04. The smallest absolute Gasteiger partial charge is 0.246 e. The van der Waals surface area contributed by atoms with Crippen LogP contribution in [-0.2, 0) is 26.2 Å². The Kier molecular flexibility index (Phi) is 6.88. The van der Waals surface area contributed by atoms with E-state index in [4.69, 9.17) is 4.74 Å². The normalized spacial score (nSPS) is 25.2. The fraction of sp³-hybridized carbons (Fsp3) is 0.652. The molecule has 3 aliphatic rings. The lowest BCUT2D eigenvalue weighted by Gasteiger charge is -2.34. The number of nitrogens with zero attached hydrogens (tertiary/aromatic N) is 3. The Labute approximate surface area is 190 Å². The highest BCUT2D eigenvalue weighted by Crippen LogP contribution is 2.39. The number of carbonyl (C=O) groups is 2. The Hall–Kier alpha value is -1.97. The number of sulfonamides is 1. The number of rotatable bonds is 7. The van der Waals surface area contributed by atoms with E-state index in [0.717, 1.165) is 38.6 Å². The highest BCUT2D eigenvalue weighted by molar-refractivity contribution is 7.89. The Bertz CT molecular complexity index is 948. The quantitative estimate of drug-likeness (QED) is 0.576. The first-order valence-corrected chi connectivity index (χ1v) is 13.1. The van der Waals surface area contributed by atoms with Crippen LogP contribution >= 0.6 is 0 Å². The molecule has 2 saturated heterocycles. The second kappa shape index (κ2) is 9.49. The van der Waals surface area contributed by atoms with Crippen LogP contribution in [0, 0.1) is 11.8 Å². The molecule has 0 N–H and O–H groups in total. The Morgan fingerprint density at radius 3 is 2.19 bits per heavy atom. The van der Waals surface area contributed by atoms with Crippen LogP contribution < -0.4 is 4.74 Å². The van der Waals surface area contributed by atoms with Crippen molar-refractivity contribution in [2.24, 2.45) is 11.8 Å². The molecular weight excluding hydrogens is 430 g/mol. The number of hydrogen-bond donors (Lipinski definition) is 0. The third kappa shape index (κ3) is 4.30. The first kappa shape index (κ1) is 23.2. The summed E-state index contributed by atoms with van der Waals surface area (Å²) in [4.78, 5) is 29.4. The molecule has 4 rings (SSSR count). The average molecular weight is 464 g/mol. The highest BCUT2D eigenvalue weighted by atomic mass is 32.2. The van der Waals surface area contributed by atoms with Crippen molar-refractivity contribution in [1.82, 2.24) is 14.1 Å². The second-order valence-corrected chi connectivity index (χ2v) is 10.9. The zero-order valence-electron chi connectivity index (χ0n) is 19.0. The first-order valence-electron chi connectivity index (χ1n) is 11.6. The summed E-state index contributed by atoms with van der Waals surface area (Å²) in [5, 5.41) is 0. The van der Waals surface area contributed by atoms with Gasteiger partial charge in [-0.15, -0.1) is 0 Å². The summed E-state index contributed by atoms with van der Waals surface area (Å²) in [6, 6.07) is 4.92. The number of methoxy groups -OCH3 is 1. The van der Waals surface area contributed by atoms with Crippen molar-refractivity contribution in [2.45, 2.75) is 50.5 Å². The van der Waals surface area contributed by atoms with Crippen molar-refractivity contribution < 1.29 is 22.7 Å². The lowest BCUT2D eigenvalue weighted by atomic mass is 9.81. The number of imide groups is 1. The molecule has 9 heteroatoms. The maximum Gasteiger partial charge on any atom is 0.246 e. The molecule has 176 valence electrons. The number of carbonyl (C=O) groups excluding carboxylic acids is 2. The summed E-state index contributed by atoms with van der Waals surface area (Å²) < 4.78 is 33.7. The Morgan fingerprint density at radius 2 is 1.62 bits per heavy atom. The predicted molar refractivity (Wildman–Crippen MR) is 119 cm³/mol. The van der Waals surface area contributed by atoms with E-state index in [-0.39, 0.29) is 40.8 Å². The molecule has 0 radical (unpaired) electrons. The van der Waals surface area contributed by atoms with Crippen molar-refractivity contribution in [1.29, 1.82) is 0 Å². The number of hydrogen-bond acceptors (Lipinski definition) is 6. The topological polar surface area (TPSA) is 87.2 Å². The summed E-state index contributed by atoms with van der Waals surface area (Å²) in [6.07, 6.45) is 4.52. The van der Waals surface area contributed by atoms with Crippen LogP contribution in [0.3, 0.4) is 0 Å². The fourth-order valence-electron chi connectivity index (χ4n) is 5.24. The molecule has 0 aromatic heterocycles. The minimum atomic E-state index is -3.75. The van der Waals surface area contributed by atoms with Crippen molar-refractivity contribution in [3.05, 3.63) is 23.8 Å². The fourth-order valence-corrected chi connectivity index (χ4v) is 6.87. The van der Waals surface area contributed by atoms with Crippen molar-refractivity contribution >= 4 is 21.8 Å². The molecule has 1 aromatic rings. The zero-order valence-corrected chi connectivity index (χ0v) is 19.8. The summed E-state index contributed by atoms with van der Waals surface area (Å²) in [7, 11) is -2.30. The molecule has 0 unspecified atom stereocenters. The van der Waals surface area contributed by atoms with Gasteiger partial charge in [-0.3, -0.25) is 14.5 Å². The highest BCUT2D eigenvalue weighted by Gasteiger charge is 2.48. The molecule has 2 amide bonds. The molecule has 0 bridgehead atoms. The van der Waals surface area contributed by atoms with Crippen molar-refractivity contribution in [3.8, 4) is 5.75 Å². The molecule has 2 heterocycles. The number of likely N-dealkylation sites (tertiary alicyclic amines) is 1. The van der Waals surface area contributed by atoms with Gasteiger partial charge in [0.2, 0.25) is 21.8 Å². The number of benzene rings is 1. The van der Waals surface area contributed by atoms with E-state index in [1.54, 1.807) is 18.2 Å². The number of amides is 2. The number of ether oxygens (including phenoxy) is 1. The molecular formula is C23H33N3O5S. The molecule has 2 aliphatic heterocycles. The van der Waals surface area contributed by atoms with Crippen molar-refractivity contribution in [3.63, 3.8) is 0 Å². The molecule has 2 atom stereocenters. The van der Waals surface area contributed by atoms with Gasteiger partial charge in [0, 0.05) is 26.2 Å². The van der Waals surface area contributed by atoms with Gasteiger partial charge in [-0.1, -0.05) is 25.8 Å². The van der Waals surface area contributed by atoms with Crippen LogP contribution in [-0.4, -0.2) is 74.2 Å². The van der Waals surface area contributed by atoms with Crippen molar-refractivity contribution in [2.75, 3.05) is 39.8 Å². The van der Waals surface area contributed by atoms with E-state index in [0.29, 0.717) is 31.7 Å². The van der Waals surface area contributed by atoms with Gasteiger partial charge in [0.25, 0.3) is 0 Å². The van der Waals surface area contributed by atoms with Gasteiger partial charge in [0.05, 0.1) is 25.5 Å². The maximum absolute atomic E-state index is 13.4. The third-order valence-corrected chi connectivity index (χ3v) is 8.91. The summed E-state index contributed by atoms with van der Waals surface area (Å²) in [5.41, 5.74) is 0.620. The van der Waals surface area contributed by atoms with E-state index < -0.39 is 10.0 Å². The number of fused-ring (bicyclic) bond motifs is 1. The minimum absolute atomic E-state index is 0.0953. The molecule has 32 heavy (non-hydrogen) atoms. The van der Waals surface area contributed by atoms with E-state index in [1.165, 1.54) is 16.3 Å². The van der Waals surface area contributed by atoms with Crippen LogP contribution in [0.1, 0.15) is 44.6 Å². The Morgan fingerprint density at radius 1 is 1.00 bits per heavy atom. The summed E-state index contributed by atoms with van der Waals surface area (Å²) in [6.45, 7) is 5.45. The largest absolute Gasteiger partial charge is 0.495 e. The van der Waals surface area contributed by atoms with Crippen LogP contribution in [0.5, 0.6) is 5.75 Å². The van der Waals surface area contributed by atoms with Crippen LogP contribution in [0.4, 0.5) is 0 Å². The molecule has 1 saturated carbocycles. The van der Waals surface area contributed by atoms with Crippen LogP contribution in [0.25, 0.3) is 0 Å². The van der Waals surface area contributed by atoms with Gasteiger partial charge in [0.15, 0.2) is 0 Å². The van der Waals surface area contributed by atoms with E-state index in [1.807, 2.05) is 0 Å². The number of piperazine rings is 1. The van der Waals surface area contributed by atoms with E-state index in [2.05, 4.69) is 11.8 Å². The van der Waals surface area contributed by atoms with Gasteiger partial charge in [-0.05, 0) is 43.5 Å². The van der Waals surface area contributed by atoms with Gasteiger partial charge >= 0.3 is 0 Å². The van der Waals surface area contributed by atoms with Gasteiger partial charge in [-0.25, -0.2) is 8.42 Å². The van der Waals surface area contributed by atoms with Gasteiger partial charge in [-0.2, -0.15) is 4.31 Å². The van der Waals surface area contributed by atoms with E-state index in [9.17, 15) is 18.0 Å². The van der Waals surface area contributed by atoms with E-state index >= 15 is 0 Å². The lowest BCUT2D eigenvalue weighted by molar-refractivity contribution is -0.140. The SMILES string of the molecule is CCCN1CCN(S(=O)(=O)c2cc(CN3C(=O)[C@H]4CCCC[C@H]4C3=O)ccc2OC)CC1. The zero-order chi connectivity index (χ0) is 22.9. The van der Waals surface area contributed by atoms with Crippen LogP contribution in [0.15, 0.2) is 23.1 Å². The lowest BCUT2D eigenvalue weighted by Crippen LogP contribution is -2.48. The first-order chi connectivity index (χ1) is 15.4. The predicted octanol–water partition coefficient (Wildman–Crippen LogP) is 2.09. The standard InChI is InChI=1S/C23H33N3O5S/c1-3-10-24-11-13-25(14-12-24)32(29,30)21-15-17(8-9-20(21)31-2)16-26-22(27)18-6-4-5-7-19(18)23(26)28/h8-9,15,18-19H,3-7,10-14,16H2,1-2H3/t18-,19+. The summed E-state index contributed by atoms with van der Waals surface area (Å²) in [5.74, 6) is -0.384. The molecule has 8 nitrogen and oxygen atoms in total. The minimum Gasteiger partial charge on any atom is -0.495 e. The van der Waals surface area contributed by atoms with Crippen LogP contribution in [0.2, 0.25) is 0 Å². The molecule has 1 aliphatic carbocycles. The Balaban J connectivity index is 1.55. The molecule has 1 aromatic carbocycles. The molecule has 3 fully saturated rings.